The van der Waals surface area contributed by atoms with Gasteiger partial charge in [-0.25, -0.2) is 8.93 Å². The molecule has 210 valence electrons. The van der Waals surface area contributed by atoms with Gasteiger partial charge >= 0.3 is 0 Å². The van der Waals surface area contributed by atoms with E-state index in [1.165, 1.54) is 6.21 Å². The van der Waals surface area contributed by atoms with Crippen LogP contribution in [0.3, 0.4) is 0 Å². The van der Waals surface area contributed by atoms with E-state index in [-0.39, 0.29) is 6.61 Å². The number of nitrogens with zero attached hydrogens (tertiary/aromatic N) is 2. The zero-order valence-electron chi connectivity index (χ0n) is 23.2. The topological polar surface area (TPSA) is 116 Å². The van der Waals surface area contributed by atoms with Crippen LogP contribution in [0.25, 0.3) is 0 Å². The van der Waals surface area contributed by atoms with Crippen LogP contribution in [0.5, 0.6) is 5.75 Å². The molecule has 0 aliphatic rings. The van der Waals surface area contributed by atoms with Crippen molar-refractivity contribution in [1.29, 1.82) is 5.41 Å². The predicted molar refractivity (Wildman–Crippen MR) is 160 cm³/mol. The molecule has 8 nitrogen and oxygen atoms in total. The smallest absolute Gasteiger partial charge is 0.160 e. The van der Waals surface area contributed by atoms with Crippen LogP contribution in [-0.2, 0) is 24.1 Å². The Morgan fingerprint density at radius 1 is 1.15 bits per heavy atom. The summed E-state index contributed by atoms with van der Waals surface area (Å²) in [7, 11) is 1.01. The maximum atomic E-state index is 12.9. The fourth-order valence-corrected chi connectivity index (χ4v) is 4.39. The summed E-state index contributed by atoms with van der Waals surface area (Å²) in [5, 5.41) is 14.4. The Morgan fingerprint density at radius 2 is 1.85 bits per heavy atom. The highest BCUT2D eigenvalue weighted by Gasteiger charge is 2.22. The zero-order valence-corrected chi connectivity index (χ0v) is 24.0. The first-order valence-corrected chi connectivity index (χ1v) is 13.8. The van der Waals surface area contributed by atoms with Gasteiger partial charge < -0.3 is 20.2 Å². The number of ether oxygens (including phenoxy) is 1. The average molecular weight is 553 g/mol. The number of anilines is 1. The van der Waals surface area contributed by atoms with Gasteiger partial charge in [-0.05, 0) is 55.4 Å². The summed E-state index contributed by atoms with van der Waals surface area (Å²) in [4.78, 5) is 18.5. The molecule has 0 radical (unpaired) electrons. The Balaban J connectivity index is 0.00000181. The van der Waals surface area contributed by atoms with Crippen molar-refractivity contribution in [1.82, 2.24) is 9.71 Å². The van der Waals surface area contributed by atoms with Crippen molar-refractivity contribution in [3.8, 4) is 5.75 Å². The second-order valence-corrected chi connectivity index (χ2v) is 9.33. The third kappa shape index (κ3) is 10.9. The molecule has 0 spiro atoms. The van der Waals surface area contributed by atoms with Gasteiger partial charge in [0.2, 0.25) is 0 Å². The van der Waals surface area contributed by atoms with E-state index in [9.17, 15) is 9.00 Å². The molecule has 0 aliphatic carbocycles. The summed E-state index contributed by atoms with van der Waals surface area (Å²) in [5.74, 6) is 0.441. The number of benzene rings is 2. The Kier molecular flexibility index (Phi) is 16.6. The lowest BCUT2D eigenvalue weighted by Gasteiger charge is -2.29. The van der Waals surface area contributed by atoms with Gasteiger partial charge in [-0.2, -0.15) is 0 Å². The molecule has 0 fully saturated rings. The molecule has 1 unspecified atom stereocenters. The first-order valence-electron chi connectivity index (χ1n) is 12.7. The maximum absolute atomic E-state index is 12.9. The lowest BCUT2D eigenvalue weighted by Crippen LogP contribution is -2.27. The summed E-state index contributed by atoms with van der Waals surface area (Å²) in [6.45, 7) is 9.42. The van der Waals surface area contributed by atoms with Crippen molar-refractivity contribution in [2.24, 2.45) is 0 Å². The van der Waals surface area contributed by atoms with E-state index < -0.39 is 11.0 Å². The molecule has 3 rings (SSSR count). The highest BCUT2D eigenvalue weighted by molar-refractivity contribution is 7.83. The van der Waals surface area contributed by atoms with Crippen LogP contribution in [0.2, 0.25) is 0 Å². The molecule has 2 aromatic carbocycles. The van der Waals surface area contributed by atoms with Crippen LogP contribution in [0.4, 0.5) is 5.69 Å². The summed E-state index contributed by atoms with van der Waals surface area (Å²) in [6, 6.07) is 16.9. The Bertz CT molecular complexity index is 1170. The van der Waals surface area contributed by atoms with E-state index >= 15 is 0 Å². The van der Waals surface area contributed by atoms with Crippen LogP contribution in [0.1, 0.15) is 48.2 Å². The number of hydrogen-bond acceptors (Lipinski definition) is 7. The molecule has 39 heavy (non-hydrogen) atoms. The van der Waals surface area contributed by atoms with Gasteiger partial charge in [0, 0.05) is 38.2 Å². The molecule has 0 saturated heterocycles. The molecular formula is C30H40N4O4S. The van der Waals surface area contributed by atoms with Crippen molar-refractivity contribution in [3.05, 3.63) is 95.8 Å². The monoisotopic (exact) mass is 552 g/mol. The fourth-order valence-electron chi connectivity index (χ4n) is 3.60. The van der Waals surface area contributed by atoms with E-state index in [0.717, 1.165) is 30.1 Å². The Hall–Kier alpha value is -3.66. The van der Waals surface area contributed by atoms with Gasteiger partial charge in [0.15, 0.2) is 5.75 Å². The second-order valence-electron chi connectivity index (χ2n) is 7.94. The fraction of sp³-hybridized carbons (Fsp3) is 0.300. The van der Waals surface area contributed by atoms with Gasteiger partial charge in [-0.1, -0.05) is 62.4 Å². The Labute approximate surface area is 234 Å². The highest BCUT2D eigenvalue weighted by Crippen LogP contribution is 2.37. The molecular weight excluding hydrogens is 512 g/mol. The van der Waals surface area contributed by atoms with E-state index in [1.54, 1.807) is 31.6 Å². The van der Waals surface area contributed by atoms with Crippen LogP contribution in [0.15, 0.2) is 84.0 Å². The lowest BCUT2D eigenvalue weighted by molar-refractivity contribution is 0.112. The molecule has 1 aromatic heterocycles. The largest absolute Gasteiger partial charge is 0.485 e. The number of rotatable bonds is 14. The van der Waals surface area contributed by atoms with Crippen molar-refractivity contribution in [2.45, 2.75) is 44.7 Å². The lowest BCUT2D eigenvalue weighted by atomic mass is 10.1. The van der Waals surface area contributed by atoms with Crippen LogP contribution in [-0.4, -0.2) is 47.5 Å². The molecule has 1 heterocycles. The van der Waals surface area contributed by atoms with Gasteiger partial charge in [0.25, 0.3) is 0 Å². The van der Waals surface area contributed by atoms with Gasteiger partial charge in [0.1, 0.15) is 23.9 Å². The minimum absolute atomic E-state index is 0.275. The van der Waals surface area contributed by atoms with Crippen LogP contribution >= 0.6 is 0 Å². The summed E-state index contributed by atoms with van der Waals surface area (Å²) in [6.07, 6.45) is 6.87. The maximum Gasteiger partial charge on any atom is 0.160 e. The normalized spacial score (nSPS) is 10.6. The molecule has 0 aliphatic heterocycles. The van der Waals surface area contributed by atoms with E-state index in [4.69, 9.17) is 15.3 Å². The number of aromatic nitrogens is 1. The average Bonchev–Trinajstić information content (AvgIpc) is 3.00. The van der Waals surface area contributed by atoms with Crippen molar-refractivity contribution in [2.75, 3.05) is 25.6 Å². The van der Waals surface area contributed by atoms with Crippen molar-refractivity contribution < 1.29 is 18.8 Å². The molecule has 3 aromatic rings. The molecule has 1 atom stereocenters. The first-order chi connectivity index (χ1) is 19.0. The number of aliphatic hydroxyl groups is 1. The number of carbonyl (C=O) groups is 1. The van der Waals surface area contributed by atoms with E-state index in [1.807, 2.05) is 61.2 Å². The molecule has 0 saturated carbocycles. The number of pyridine rings is 1. The van der Waals surface area contributed by atoms with Gasteiger partial charge in [-0.3, -0.25) is 9.78 Å². The number of aldehydes is 1. The van der Waals surface area contributed by atoms with Gasteiger partial charge in [0.05, 0.1) is 10.6 Å². The minimum atomic E-state index is -1.59. The van der Waals surface area contributed by atoms with Crippen molar-refractivity contribution in [3.63, 3.8) is 0 Å². The molecule has 0 bridgehead atoms. The quantitative estimate of drug-likeness (QED) is 0.141. The Morgan fingerprint density at radius 3 is 2.44 bits per heavy atom. The minimum Gasteiger partial charge on any atom is -0.485 e. The van der Waals surface area contributed by atoms with E-state index in [0.29, 0.717) is 47.8 Å². The number of aliphatic hydroxyl groups excluding tert-OH is 1. The second kappa shape index (κ2) is 19.4. The number of carbonyl (C=O) groups excluding carboxylic acids is 1. The van der Waals surface area contributed by atoms with Crippen LogP contribution < -0.4 is 14.4 Å². The van der Waals surface area contributed by atoms with Gasteiger partial charge in [-0.15, -0.1) is 0 Å². The third-order valence-corrected chi connectivity index (χ3v) is 6.37. The molecule has 0 amide bonds. The number of nitrogens with one attached hydrogen (secondary N) is 2. The molecule has 9 heteroatoms. The summed E-state index contributed by atoms with van der Waals surface area (Å²) < 4.78 is 22.0. The molecule has 3 N–H and O–H groups in total. The SMILES string of the molecule is C=C(CCC=N)CN(Cc1cccnc1)c1cc(C=O)cc(S(=O)NC)c1OCc1ccccc1.CC.CO. The number of hydrogen-bond donors (Lipinski definition) is 3. The zero-order chi connectivity index (χ0) is 29.0. The third-order valence-electron chi connectivity index (χ3n) is 5.30. The predicted octanol–water partition coefficient (Wildman–Crippen LogP) is 5.34. The van der Waals surface area contributed by atoms with Crippen LogP contribution in [0, 0.1) is 5.41 Å². The standard InChI is InChI=1S/C27H30N4O3S.C2H6.CH4O/c1-21(8-6-12-28)17-31(18-23-11-7-13-30-16-23)25-14-24(19-32)15-26(35(33)29-2)27(25)34-20-22-9-4-3-5-10-22;2*1-2/h3-5,7,9-16,19,28-29H,1,6,8,17-18,20H2,2H3;1-2H3;2H,1H3. The summed E-state index contributed by atoms with van der Waals surface area (Å²) in [5.41, 5.74) is 3.90. The summed E-state index contributed by atoms with van der Waals surface area (Å²) >= 11 is 0. The van der Waals surface area contributed by atoms with E-state index in [2.05, 4.69) is 16.3 Å². The first kappa shape index (κ1) is 33.4. The van der Waals surface area contributed by atoms with Crippen molar-refractivity contribution >= 4 is 29.2 Å². The highest BCUT2D eigenvalue weighted by atomic mass is 32.2.